The van der Waals surface area contributed by atoms with Crippen LogP contribution in [0.4, 0.5) is 5.69 Å². The van der Waals surface area contributed by atoms with Crippen LogP contribution in [0.2, 0.25) is 0 Å². The molecular formula is C32H46BN5O6. The standard InChI is InChI=1S/C32H46BN5O6/c1-6-37(11-12-38-9-7-8-10-38)16-18-15-21(39)23-19(25(18)35(2)3)13-17-14-20-26(36(4)5)28(41)24(31(34)43)29(33)32(20,44)30(42)22(17)27(23)40/h15,17,20,26,33,39,41-42,44H,6-14,16H2,1-5H3,(H2,34,43)/t17?,20-,26-,32+/m0/s1. The van der Waals surface area contributed by atoms with Crippen LogP contribution < -0.4 is 10.6 Å². The maximum absolute atomic E-state index is 14.2. The number of allylic oxidation sites excluding steroid dienone is 1. The number of benzene rings is 1. The minimum absolute atomic E-state index is 0.00586. The average molecular weight is 608 g/mol. The number of hydrogen-bond acceptors (Lipinski definition) is 10. The number of nitrogens with zero attached hydrogens (tertiary/aromatic N) is 4. The number of nitrogens with two attached hydrogens (primary N) is 1. The number of amides is 1. The number of primary amides is 1. The van der Waals surface area contributed by atoms with Gasteiger partial charge in [0.25, 0.3) is 0 Å². The number of aliphatic hydroxyl groups is 3. The normalized spacial score (nSPS) is 27.2. The summed E-state index contributed by atoms with van der Waals surface area (Å²) in [5, 5.41) is 46.3. The molecule has 238 valence electrons. The molecule has 0 radical (unpaired) electrons. The van der Waals surface area contributed by atoms with E-state index in [1.807, 2.05) is 19.0 Å². The molecule has 1 fully saturated rings. The van der Waals surface area contributed by atoms with Crippen molar-refractivity contribution in [2.75, 3.05) is 65.8 Å². The van der Waals surface area contributed by atoms with Gasteiger partial charge < -0.3 is 4.90 Å². The van der Waals surface area contributed by atoms with Gasteiger partial charge in [0.1, 0.15) is 0 Å². The Morgan fingerprint density at radius 2 is 1.82 bits per heavy atom. The number of phenols is 1. The summed E-state index contributed by atoms with van der Waals surface area (Å²) >= 11 is 0. The Kier molecular flexibility index (Phi) is 8.76. The fourth-order valence-electron chi connectivity index (χ4n) is 8.10. The van der Waals surface area contributed by atoms with Crippen molar-refractivity contribution in [3.63, 3.8) is 0 Å². The van der Waals surface area contributed by atoms with Gasteiger partial charge in [-0.1, -0.05) is 6.92 Å². The second kappa shape index (κ2) is 12.0. The van der Waals surface area contributed by atoms with Crippen LogP contribution in [0.3, 0.4) is 0 Å². The summed E-state index contributed by atoms with van der Waals surface area (Å²) in [5.41, 5.74) is 5.35. The summed E-state index contributed by atoms with van der Waals surface area (Å²) < 4.78 is 0. The third kappa shape index (κ3) is 5.05. The van der Waals surface area contributed by atoms with Crippen LogP contribution in [0, 0.1) is 11.8 Å². The van der Waals surface area contributed by atoms with Crippen LogP contribution in [0.15, 0.2) is 28.7 Å². The topological polar surface area (TPSA) is 154 Å². The summed E-state index contributed by atoms with van der Waals surface area (Å²) in [7, 11) is 11.1. The summed E-state index contributed by atoms with van der Waals surface area (Å²) in [6, 6.07) is 0.783. The van der Waals surface area contributed by atoms with E-state index < -0.39 is 40.9 Å². The number of likely N-dealkylation sites (tertiary alicyclic amines) is 1. The van der Waals surface area contributed by atoms with Crippen molar-refractivity contribution in [2.45, 2.75) is 50.8 Å². The summed E-state index contributed by atoms with van der Waals surface area (Å²) in [5.74, 6) is -3.98. The van der Waals surface area contributed by atoms with E-state index in [-0.39, 0.29) is 40.1 Å². The number of hydrogen-bond donors (Lipinski definition) is 5. The molecule has 3 aliphatic carbocycles. The van der Waals surface area contributed by atoms with Crippen LogP contribution in [-0.4, -0.2) is 132 Å². The van der Waals surface area contributed by atoms with Crippen molar-refractivity contribution in [3.05, 3.63) is 45.4 Å². The molecule has 0 aromatic heterocycles. The fourth-order valence-corrected chi connectivity index (χ4v) is 8.10. The number of Topliss-reactive ketones (excluding diaryl/α,β-unsaturated/α-hetero) is 1. The van der Waals surface area contributed by atoms with Gasteiger partial charge in [0.2, 0.25) is 0 Å². The molecule has 4 atom stereocenters. The SMILES string of the molecule is B=C1C(C(N)=O)=C(O)[C@@H](N(C)C)[C@@H]2CC3Cc4c(c(O)cc(CN(CC)CCN5CCCC5)c4N(C)C)C(=O)C3=C(O)[C@]12O. The Morgan fingerprint density at radius 3 is 2.39 bits per heavy atom. The van der Waals surface area contributed by atoms with Gasteiger partial charge in [-0.2, -0.15) is 0 Å². The van der Waals surface area contributed by atoms with Crippen molar-refractivity contribution >= 4 is 30.3 Å². The number of fused-ring (bicyclic) bond motifs is 3. The zero-order valence-corrected chi connectivity index (χ0v) is 26.6. The number of rotatable bonds is 9. The van der Waals surface area contributed by atoms with E-state index in [1.165, 1.54) is 12.8 Å². The Bertz CT molecular complexity index is 1450. The number of likely N-dealkylation sites (N-methyl/N-ethyl adjacent to an activating group) is 2. The van der Waals surface area contributed by atoms with Gasteiger partial charge in [0.15, 0.2) is 0 Å². The van der Waals surface area contributed by atoms with Crippen molar-refractivity contribution in [2.24, 2.45) is 17.6 Å². The van der Waals surface area contributed by atoms with E-state index >= 15 is 0 Å². The molecule has 12 heteroatoms. The number of carbonyl (C=O) groups excluding carboxylic acids is 2. The molecule has 44 heavy (non-hydrogen) atoms. The second-order valence-electron chi connectivity index (χ2n) is 13.2. The van der Waals surface area contributed by atoms with Gasteiger partial charge in [0.05, 0.1) is 0 Å². The molecular weight excluding hydrogens is 561 g/mol. The molecule has 0 bridgehead atoms. The first-order chi connectivity index (χ1) is 20.7. The first-order valence-corrected chi connectivity index (χ1v) is 15.5. The second-order valence-corrected chi connectivity index (χ2v) is 13.2. The van der Waals surface area contributed by atoms with Crippen molar-refractivity contribution in [3.8, 4) is 5.75 Å². The molecule has 1 saturated heterocycles. The molecule has 4 aliphatic rings. The van der Waals surface area contributed by atoms with Gasteiger partial charge in [-0.3, -0.25) is 0 Å². The first-order valence-electron chi connectivity index (χ1n) is 15.5. The Morgan fingerprint density at radius 1 is 1.16 bits per heavy atom. The van der Waals surface area contributed by atoms with E-state index in [0.717, 1.165) is 44.0 Å². The zero-order valence-electron chi connectivity index (χ0n) is 26.6. The van der Waals surface area contributed by atoms with Crippen LogP contribution >= 0.6 is 0 Å². The Hall–Kier alpha value is -3.19. The molecule has 0 saturated carbocycles. The predicted molar refractivity (Wildman–Crippen MR) is 172 cm³/mol. The molecule has 0 spiro atoms. The van der Waals surface area contributed by atoms with E-state index in [2.05, 4.69) is 24.2 Å². The summed E-state index contributed by atoms with van der Waals surface area (Å²) in [6.45, 7) is 7.69. The van der Waals surface area contributed by atoms with Gasteiger partial charge in [-0.15, -0.1) is 0 Å². The third-order valence-corrected chi connectivity index (χ3v) is 10.2. The van der Waals surface area contributed by atoms with Crippen LogP contribution in [-0.2, 0) is 17.8 Å². The number of phenolic OH excluding ortho intramolecular Hbond substituents is 1. The maximum atomic E-state index is 14.2. The quantitative estimate of drug-likeness (QED) is 0.253. The first kappa shape index (κ1) is 32.2. The number of carbonyl (C=O) groups is 2. The van der Waals surface area contributed by atoms with Crippen molar-refractivity contribution < 1.29 is 30.0 Å². The molecule has 6 N–H and O–H groups in total. The number of aliphatic hydroxyl groups excluding tert-OH is 2. The van der Waals surface area contributed by atoms with E-state index in [9.17, 15) is 30.0 Å². The molecule has 1 aromatic carbocycles. The van der Waals surface area contributed by atoms with E-state index in [0.29, 0.717) is 18.5 Å². The molecule has 1 heterocycles. The number of ketones is 1. The molecule has 1 aromatic rings. The van der Waals surface area contributed by atoms with Crippen molar-refractivity contribution in [1.29, 1.82) is 0 Å². The Labute approximate surface area is 260 Å². The third-order valence-electron chi connectivity index (χ3n) is 10.2. The van der Waals surface area contributed by atoms with Crippen LogP contribution in [0.5, 0.6) is 5.75 Å². The van der Waals surface area contributed by atoms with E-state index in [1.54, 1.807) is 25.1 Å². The molecule has 1 aliphatic heterocycles. The van der Waals surface area contributed by atoms with Gasteiger partial charge in [0, 0.05) is 6.54 Å². The monoisotopic (exact) mass is 607 g/mol. The fraction of sp³-hybridized carbons (Fsp3) is 0.594. The van der Waals surface area contributed by atoms with Crippen molar-refractivity contribution in [1.82, 2.24) is 14.7 Å². The van der Waals surface area contributed by atoms with Crippen LogP contribution in [0.25, 0.3) is 0 Å². The molecule has 1 unspecified atom stereocenters. The number of aromatic hydroxyl groups is 1. The molecule has 1 amide bonds. The van der Waals surface area contributed by atoms with Gasteiger partial charge in [-0.05, 0) is 25.9 Å². The van der Waals surface area contributed by atoms with E-state index in [4.69, 9.17) is 5.73 Å². The predicted octanol–water partition coefficient (Wildman–Crippen LogP) is 0.608. The number of anilines is 1. The van der Waals surface area contributed by atoms with Gasteiger partial charge >= 0.3 is 216 Å². The molecule has 5 rings (SSSR count). The summed E-state index contributed by atoms with van der Waals surface area (Å²) in [4.78, 5) is 35.0. The van der Waals surface area contributed by atoms with Crippen LogP contribution in [0.1, 0.15) is 47.7 Å². The average Bonchev–Trinajstić information content (AvgIpc) is 3.46. The van der Waals surface area contributed by atoms with Gasteiger partial charge in [-0.25, -0.2) is 0 Å². The summed E-state index contributed by atoms with van der Waals surface area (Å²) in [6.07, 6.45) is 3.02. The minimum atomic E-state index is -2.21. The molecule has 11 nitrogen and oxygen atoms in total. The Balaban J connectivity index is 1.58. The zero-order chi connectivity index (χ0) is 32.2.